The second-order valence-electron chi connectivity index (χ2n) is 7.05. The van der Waals surface area contributed by atoms with E-state index in [0.29, 0.717) is 24.2 Å². The van der Waals surface area contributed by atoms with E-state index >= 15 is 0 Å². The molecular weight excluding hydrogens is 470 g/mol. The number of ether oxygens (including phenoxy) is 2. The molecule has 32 heavy (non-hydrogen) atoms. The third-order valence-corrected chi connectivity index (χ3v) is 6.78. The van der Waals surface area contributed by atoms with Gasteiger partial charge >= 0.3 is 6.36 Å². The molecule has 3 heterocycles. The van der Waals surface area contributed by atoms with Crippen LogP contribution in [-0.2, 0) is 22.6 Å². The number of alkyl halides is 3. The Morgan fingerprint density at radius 1 is 1.38 bits per heavy atom. The van der Waals surface area contributed by atoms with E-state index in [2.05, 4.69) is 15.0 Å². The van der Waals surface area contributed by atoms with Crippen LogP contribution in [0.5, 0.6) is 5.75 Å². The normalized spacial score (nSPS) is 13.8. The van der Waals surface area contributed by atoms with Crippen molar-refractivity contribution in [2.45, 2.75) is 26.3 Å². The molecule has 0 aliphatic carbocycles. The number of aromatic nitrogens is 1. The molecule has 0 spiro atoms. The fraction of sp³-hybridized carbons (Fsp3) is 0.300. The molecule has 1 aliphatic heterocycles. The fourth-order valence-electron chi connectivity index (χ4n) is 3.30. The maximum atomic E-state index is 14.0. The van der Waals surface area contributed by atoms with E-state index in [0.717, 1.165) is 44.5 Å². The lowest BCUT2D eigenvalue weighted by Crippen LogP contribution is -2.26. The number of carbonyl (C=O) groups excluding carboxylic acids is 1. The van der Waals surface area contributed by atoms with Crippen molar-refractivity contribution in [3.05, 3.63) is 45.4 Å². The minimum Gasteiger partial charge on any atom is -0.403 e. The first-order valence-corrected chi connectivity index (χ1v) is 11.0. The summed E-state index contributed by atoms with van der Waals surface area (Å²) in [5, 5.41) is 5.70. The molecule has 4 rings (SSSR count). The molecule has 0 fully saturated rings. The minimum atomic E-state index is -4.98. The van der Waals surface area contributed by atoms with Crippen LogP contribution in [0.2, 0.25) is 0 Å². The lowest BCUT2D eigenvalue weighted by atomic mass is 10.1. The van der Waals surface area contributed by atoms with Crippen molar-refractivity contribution in [1.82, 2.24) is 4.98 Å². The van der Waals surface area contributed by atoms with Crippen molar-refractivity contribution in [2.24, 2.45) is 0 Å². The first-order chi connectivity index (χ1) is 15.1. The number of nitrogens with zero attached hydrogens (tertiary/aromatic N) is 2. The standard InChI is InChI=1S/C20H17F4N3O3S2/c1-10-12(13-7-29-9-27(2)18(13)32-10)6-17(28)26-19-25-15(8-31-19)11-3-4-16(14(21)5-11)30-20(22,23)24/h3-5,8H,6-7,9H2,1-2H3,(H,25,26,28). The smallest absolute Gasteiger partial charge is 0.403 e. The Morgan fingerprint density at radius 3 is 2.88 bits per heavy atom. The summed E-state index contributed by atoms with van der Waals surface area (Å²) in [5.41, 5.74) is 2.51. The molecule has 3 aromatic rings. The first kappa shape index (κ1) is 22.5. The number of hydrogen-bond donors (Lipinski definition) is 1. The molecule has 2 aromatic heterocycles. The zero-order chi connectivity index (χ0) is 23.0. The SMILES string of the molecule is Cc1sc2c(c1CC(=O)Nc1nc(-c3ccc(OC(F)(F)F)c(F)c3)cs1)COCN2C. The predicted octanol–water partition coefficient (Wildman–Crippen LogP) is 5.32. The summed E-state index contributed by atoms with van der Waals surface area (Å²) >= 11 is 2.75. The molecule has 12 heteroatoms. The molecule has 0 unspecified atom stereocenters. The summed E-state index contributed by atoms with van der Waals surface area (Å²) in [7, 11) is 1.93. The van der Waals surface area contributed by atoms with E-state index in [4.69, 9.17) is 4.74 Å². The maximum absolute atomic E-state index is 14.0. The number of hydrogen-bond acceptors (Lipinski definition) is 7. The zero-order valence-corrected chi connectivity index (χ0v) is 18.5. The monoisotopic (exact) mass is 487 g/mol. The van der Waals surface area contributed by atoms with Crippen LogP contribution in [0.1, 0.15) is 16.0 Å². The van der Waals surface area contributed by atoms with Crippen LogP contribution in [0, 0.1) is 12.7 Å². The average Bonchev–Trinajstić information content (AvgIpc) is 3.28. The molecule has 0 atom stereocenters. The number of thiophene rings is 1. The molecule has 1 amide bonds. The predicted molar refractivity (Wildman–Crippen MR) is 114 cm³/mol. The van der Waals surface area contributed by atoms with Gasteiger partial charge in [-0.25, -0.2) is 9.37 Å². The number of nitrogens with one attached hydrogen (secondary N) is 1. The Hall–Kier alpha value is -2.70. The van der Waals surface area contributed by atoms with Gasteiger partial charge < -0.3 is 19.7 Å². The largest absolute Gasteiger partial charge is 0.573 e. The summed E-state index contributed by atoms with van der Waals surface area (Å²) in [5.74, 6) is -2.35. The van der Waals surface area contributed by atoms with E-state index in [1.54, 1.807) is 16.7 Å². The van der Waals surface area contributed by atoms with Crippen molar-refractivity contribution < 1.29 is 31.8 Å². The molecule has 1 aromatic carbocycles. The number of carbonyl (C=O) groups is 1. The maximum Gasteiger partial charge on any atom is 0.573 e. The highest BCUT2D eigenvalue weighted by atomic mass is 32.1. The second kappa shape index (κ2) is 8.68. The molecule has 170 valence electrons. The van der Waals surface area contributed by atoms with Gasteiger partial charge in [-0.05, 0) is 30.7 Å². The van der Waals surface area contributed by atoms with E-state index in [-0.39, 0.29) is 17.9 Å². The van der Waals surface area contributed by atoms with Crippen molar-refractivity contribution in [3.8, 4) is 17.0 Å². The molecule has 1 N–H and O–H groups in total. The fourth-order valence-corrected chi connectivity index (χ4v) is 5.16. The number of anilines is 2. The Labute approximate surface area is 188 Å². The van der Waals surface area contributed by atoms with Gasteiger partial charge in [-0.3, -0.25) is 4.79 Å². The highest BCUT2D eigenvalue weighted by molar-refractivity contribution is 7.16. The van der Waals surface area contributed by atoms with Crippen LogP contribution >= 0.6 is 22.7 Å². The molecular formula is C20H17F4N3O3S2. The van der Waals surface area contributed by atoms with Crippen molar-refractivity contribution >= 4 is 38.7 Å². The summed E-state index contributed by atoms with van der Waals surface area (Å²) in [4.78, 5) is 19.9. The van der Waals surface area contributed by atoms with Crippen LogP contribution in [0.4, 0.5) is 27.7 Å². The van der Waals surface area contributed by atoms with Gasteiger partial charge in [0.05, 0.1) is 23.7 Å². The summed E-state index contributed by atoms with van der Waals surface area (Å²) < 4.78 is 60.0. The van der Waals surface area contributed by atoms with Crippen LogP contribution in [0.25, 0.3) is 11.3 Å². The first-order valence-electron chi connectivity index (χ1n) is 9.32. The van der Waals surface area contributed by atoms with E-state index in [9.17, 15) is 22.4 Å². The Morgan fingerprint density at radius 2 is 2.16 bits per heavy atom. The number of amides is 1. The quantitative estimate of drug-likeness (QED) is 0.494. The summed E-state index contributed by atoms with van der Waals surface area (Å²) in [6.45, 7) is 2.92. The third kappa shape index (κ3) is 4.87. The molecule has 0 saturated carbocycles. The van der Waals surface area contributed by atoms with E-state index in [1.165, 1.54) is 6.07 Å². The number of halogens is 4. The van der Waals surface area contributed by atoms with Crippen LogP contribution in [0.15, 0.2) is 23.6 Å². The van der Waals surface area contributed by atoms with Crippen molar-refractivity contribution in [1.29, 1.82) is 0 Å². The Kier molecular flexibility index (Phi) is 6.10. The number of fused-ring (bicyclic) bond motifs is 1. The lowest BCUT2D eigenvalue weighted by Gasteiger charge is -2.24. The topological polar surface area (TPSA) is 63.7 Å². The Bertz CT molecular complexity index is 1160. The van der Waals surface area contributed by atoms with Gasteiger partial charge in [-0.2, -0.15) is 0 Å². The van der Waals surface area contributed by atoms with Gasteiger partial charge in [0.25, 0.3) is 0 Å². The molecule has 0 radical (unpaired) electrons. The van der Waals surface area contributed by atoms with Gasteiger partial charge in [-0.1, -0.05) is 0 Å². The van der Waals surface area contributed by atoms with Crippen LogP contribution in [-0.4, -0.2) is 31.0 Å². The van der Waals surface area contributed by atoms with E-state index in [1.807, 2.05) is 18.9 Å². The lowest BCUT2D eigenvalue weighted by molar-refractivity contribution is -0.275. The van der Waals surface area contributed by atoms with Crippen LogP contribution < -0.4 is 15.0 Å². The molecule has 0 saturated heterocycles. The molecule has 6 nitrogen and oxygen atoms in total. The third-order valence-electron chi connectivity index (χ3n) is 4.72. The van der Waals surface area contributed by atoms with E-state index < -0.39 is 17.9 Å². The average molecular weight is 488 g/mol. The van der Waals surface area contributed by atoms with Gasteiger partial charge in [0.15, 0.2) is 16.7 Å². The Balaban J connectivity index is 1.45. The number of rotatable bonds is 5. The number of aryl methyl sites for hydroxylation is 1. The highest BCUT2D eigenvalue weighted by Gasteiger charge is 2.32. The van der Waals surface area contributed by atoms with Gasteiger partial charge in [-0.15, -0.1) is 35.8 Å². The number of benzene rings is 1. The van der Waals surface area contributed by atoms with Gasteiger partial charge in [0, 0.05) is 28.4 Å². The van der Waals surface area contributed by atoms with Crippen LogP contribution in [0.3, 0.4) is 0 Å². The minimum absolute atomic E-state index is 0.155. The van der Waals surface area contributed by atoms with Gasteiger partial charge in [0.1, 0.15) is 6.73 Å². The van der Waals surface area contributed by atoms with Gasteiger partial charge in [0.2, 0.25) is 5.91 Å². The molecule has 1 aliphatic rings. The zero-order valence-electron chi connectivity index (χ0n) is 16.9. The highest BCUT2D eigenvalue weighted by Crippen LogP contribution is 2.38. The second-order valence-corrected chi connectivity index (χ2v) is 9.11. The summed E-state index contributed by atoms with van der Waals surface area (Å²) in [6.07, 6.45) is -4.83. The van der Waals surface area contributed by atoms with Crippen molar-refractivity contribution in [3.63, 3.8) is 0 Å². The van der Waals surface area contributed by atoms with Crippen molar-refractivity contribution in [2.75, 3.05) is 24.0 Å². The number of thiazole rings is 1. The summed E-state index contributed by atoms with van der Waals surface area (Å²) in [6, 6.07) is 3.05. The molecule has 0 bridgehead atoms.